The molecule has 4 nitrogen and oxygen atoms in total. The zero-order valence-corrected chi connectivity index (χ0v) is 8.63. The van der Waals surface area contributed by atoms with Crippen molar-refractivity contribution < 1.29 is 9.53 Å². The highest BCUT2D eigenvalue weighted by Crippen LogP contribution is 2.21. The summed E-state index contributed by atoms with van der Waals surface area (Å²) in [5.41, 5.74) is 4.97. The first-order valence-electron chi connectivity index (χ1n) is 4.42. The first-order valence-corrected chi connectivity index (χ1v) is 4.42. The van der Waals surface area contributed by atoms with Crippen LogP contribution in [0.5, 0.6) is 0 Å². The lowest BCUT2D eigenvalue weighted by Gasteiger charge is -2.21. The van der Waals surface area contributed by atoms with E-state index in [4.69, 9.17) is 11.1 Å². The van der Waals surface area contributed by atoms with Crippen molar-refractivity contribution in [3.05, 3.63) is 0 Å². The molecule has 0 atom stereocenters. The Morgan fingerprint density at radius 1 is 1.23 bits per heavy atom. The monoisotopic (exact) mass is 186 g/mol. The quantitative estimate of drug-likeness (QED) is 0.397. The maximum Gasteiger partial charge on any atom is 0.317 e. The second-order valence-corrected chi connectivity index (χ2v) is 3.80. The molecule has 0 aromatic carbocycles. The molecular weight excluding hydrogens is 168 g/mol. The smallest absolute Gasteiger partial charge is 0.317 e. The van der Waals surface area contributed by atoms with E-state index >= 15 is 0 Å². The Kier molecular flexibility index (Phi) is 4.45. The van der Waals surface area contributed by atoms with Crippen LogP contribution in [-0.4, -0.2) is 12.0 Å². The number of carbonyl (C=O) groups excluding carboxylic acids is 1. The number of hydrogen-bond donors (Lipinski definition) is 2. The molecule has 0 aliphatic rings. The molecule has 0 aromatic rings. The molecule has 0 spiro atoms. The molecule has 0 aliphatic carbocycles. The van der Waals surface area contributed by atoms with Crippen LogP contribution in [0.25, 0.3) is 0 Å². The fraction of sp³-hybridized carbons (Fsp3) is 0.778. The van der Waals surface area contributed by atoms with Gasteiger partial charge in [-0.3, -0.25) is 10.2 Å². The molecule has 76 valence electrons. The minimum atomic E-state index is -0.531. The molecule has 4 heteroatoms. The Balaban J connectivity index is 4.38. The summed E-state index contributed by atoms with van der Waals surface area (Å²) < 4.78 is 4.56. The standard InChI is InChI=1S/C9H18N2O2/c1-5(2)7(6(3)4)8(12)13-9(10)11/h5-7H,1-4H3,(H3,10,11). The van der Waals surface area contributed by atoms with Gasteiger partial charge in [-0.25, -0.2) is 0 Å². The largest absolute Gasteiger partial charge is 0.393 e. The van der Waals surface area contributed by atoms with Gasteiger partial charge in [-0.15, -0.1) is 0 Å². The number of hydrogen-bond acceptors (Lipinski definition) is 3. The molecule has 0 fully saturated rings. The van der Waals surface area contributed by atoms with E-state index in [1.54, 1.807) is 0 Å². The van der Waals surface area contributed by atoms with Gasteiger partial charge in [-0.1, -0.05) is 27.7 Å². The average molecular weight is 186 g/mol. The highest BCUT2D eigenvalue weighted by Gasteiger charge is 2.27. The van der Waals surface area contributed by atoms with Crippen molar-refractivity contribution in [2.75, 3.05) is 0 Å². The van der Waals surface area contributed by atoms with Gasteiger partial charge in [0.1, 0.15) is 0 Å². The number of ether oxygens (including phenoxy) is 1. The van der Waals surface area contributed by atoms with Crippen LogP contribution in [0.3, 0.4) is 0 Å². The predicted octanol–water partition coefficient (Wildman–Crippen LogP) is 1.35. The number of carbonyl (C=O) groups is 1. The van der Waals surface area contributed by atoms with E-state index in [1.165, 1.54) is 0 Å². The van der Waals surface area contributed by atoms with Crippen LogP contribution in [0.15, 0.2) is 0 Å². The summed E-state index contributed by atoms with van der Waals surface area (Å²) in [7, 11) is 0. The molecule has 0 aliphatic heterocycles. The third-order valence-corrected chi connectivity index (χ3v) is 1.92. The predicted molar refractivity (Wildman–Crippen MR) is 51.2 cm³/mol. The van der Waals surface area contributed by atoms with Crippen LogP contribution in [0.1, 0.15) is 27.7 Å². The minimum Gasteiger partial charge on any atom is -0.393 e. The highest BCUT2D eigenvalue weighted by molar-refractivity contribution is 5.86. The number of nitrogens with one attached hydrogen (secondary N) is 1. The fourth-order valence-electron chi connectivity index (χ4n) is 1.49. The molecule has 0 rings (SSSR count). The van der Waals surface area contributed by atoms with Gasteiger partial charge in [0.2, 0.25) is 0 Å². The lowest BCUT2D eigenvalue weighted by Crippen LogP contribution is -2.31. The molecule has 3 N–H and O–H groups in total. The third kappa shape index (κ3) is 3.92. The van der Waals surface area contributed by atoms with Crippen molar-refractivity contribution >= 4 is 12.0 Å². The summed E-state index contributed by atoms with van der Waals surface area (Å²) in [6, 6.07) is -0.531. The van der Waals surface area contributed by atoms with Gasteiger partial charge in [0.25, 0.3) is 6.02 Å². The zero-order chi connectivity index (χ0) is 10.6. The van der Waals surface area contributed by atoms with E-state index in [1.807, 2.05) is 27.7 Å². The topological polar surface area (TPSA) is 76.2 Å². The van der Waals surface area contributed by atoms with Gasteiger partial charge in [0.05, 0.1) is 5.92 Å². The Hall–Kier alpha value is -1.06. The summed E-state index contributed by atoms with van der Waals surface area (Å²) >= 11 is 0. The van der Waals surface area contributed by atoms with Crippen molar-refractivity contribution in [1.82, 2.24) is 0 Å². The maximum absolute atomic E-state index is 11.4. The number of esters is 1. The van der Waals surface area contributed by atoms with E-state index in [2.05, 4.69) is 4.74 Å². The van der Waals surface area contributed by atoms with Crippen molar-refractivity contribution in [3.63, 3.8) is 0 Å². The molecule has 0 radical (unpaired) electrons. The molecule has 0 heterocycles. The van der Waals surface area contributed by atoms with Gasteiger partial charge in [-0.05, 0) is 11.8 Å². The number of nitrogens with two attached hydrogens (primary N) is 1. The first kappa shape index (κ1) is 11.9. The van der Waals surface area contributed by atoms with Crippen molar-refractivity contribution in [3.8, 4) is 0 Å². The summed E-state index contributed by atoms with van der Waals surface area (Å²) in [5, 5.41) is 6.83. The Labute approximate surface area is 79.0 Å². The van der Waals surface area contributed by atoms with E-state index in [0.717, 1.165) is 0 Å². The highest BCUT2D eigenvalue weighted by atomic mass is 16.5. The van der Waals surface area contributed by atoms with Crippen LogP contribution in [0.2, 0.25) is 0 Å². The van der Waals surface area contributed by atoms with Gasteiger partial charge >= 0.3 is 5.97 Å². The van der Waals surface area contributed by atoms with Gasteiger partial charge in [0, 0.05) is 0 Å². The third-order valence-electron chi connectivity index (χ3n) is 1.92. The van der Waals surface area contributed by atoms with E-state index < -0.39 is 12.0 Å². The second kappa shape index (κ2) is 4.84. The SMILES string of the molecule is CC(C)C(C(=O)OC(=N)N)C(C)C. The van der Waals surface area contributed by atoms with Crippen LogP contribution in [0.4, 0.5) is 0 Å². The van der Waals surface area contributed by atoms with Gasteiger partial charge < -0.3 is 10.5 Å². The van der Waals surface area contributed by atoms with E-state index in [9.17, 15) is 4.79 Å². The fourth-order valence-corrected chi connectivity index (χ4v) is 1.49. The number of rotatable bonds is 3. The summed E-state index contributed by atoms with van der Waals surface area (Å²) in [6.45, 7) is 7.80. The van der Waals surface area contributed by atoms with Crippen molar-refractivity contribution in [2.45, 2.75) is 27.7 Å². The molecular formula is C9H18N2O2. The Bertz CT molecular complexity index is 192. The number of amidine groups is 1. The molecule has 0 bridgehead atoms. The lowest BCUT2D eigenvalue weighted by molar-refractivity contribution is -0.143. The molecule has 0 aromatic heterocycles. The summed E-state index contributed by atoms with van der Waals surface area (Å²) in [5.74, 6) is -0.194. The second-order valence-electron chi connectivity index (χ2n) is 3.80. The van der Waals surface area contributed by atoms with Crippen LogP contribution in [-0.2, 0) is 9.53 Å². The van der Waals surface area contributed by atoms with Crippen molar-refractivity contribution in [1.29, 1.82) is 5.41 Å². The average Bonchev–Trinajstić information content (AvgIpc) is 1.81. The minimum absolute atomic E-state index is 0.191. The molecule has 0 saturated heterocycles. The first-order chi connectivity index (χ1) is 5.86. The zero-order valence-electron chi connectivity index (χ0n) is 8.63. The molecule has 13 heavy (non-hydrogen) atoms. The van der Waals surface area contributed by atoms with E-state index in [0.29, 0.717) is 0 Å². The van der Waals surface area contributed by atoms with Gasteiger partial charge in [-0.2, -0.15) is 0 Å². The summed E-state index contributed by atoms with van der Waals surface area (Å²) in [6.07, 6.45) is 0. The molecule has 0 saturated carbocycles. The van der Waals surface area contributed by atoms with Crippen LogP contribution in [0, 0.1) is 23.2 Å². The molecule has 0 unspecified atom stereocenters. The summed E-state index contributed by atoms with van der Waals surface area (Å²) in [4.78, 5) is 11.4. The molecule has 0 amide bonds. The normalized spacial score (nSPS) is 11.0. The van der Waals surface area contributed by atoms with Gasteiger partial charge in [0.15, 0.2) is 0 Å². The van der Waals surface area contributed by atoms with Crippen LogP contribution < -0.4 is 5.73 Å². The maximum atomic E-state index is 11.4. The Morgan fingerprint density at radius 3 is 1.85 bits per heavy atom. The van der Waals surface area contributed by atoms with Crippen LogP contribution >= 0.6 is 0 Å². The van der Waals surface area contributed by atoms with E-state index in [-0.39, 0.29) is 17.8 Å². The van der Waals surface area contributed by atoms with Crippen molar-refractivity contribution in [2.24, 2.45) is 23.5 Å². The Morgan fingerprint density at radius 2 is 1.62 bits per heavy atom. The lowest BCUT2D eigenvalue weighted by atomic mass is 9.86.